The highest BCUT2D eigenvalue weighted by Crippen LogP contribution is 2.24. The maximum absolute atomic E-state index is 12.8. The molecule has 2 aromatic rings. The maximum Gasteiger partial charge on any atom is 0.338 e. The smallest absolute Gasteiger partial charge is 0.338 e. The monoisotopic (exact) mass is 464 g/mol. The van der Waals surface area contributed by atoms with Gasteiger partial charge in [0, 0.05) is 23.8 Å². The fourth-order valence-electron chi connectivity index (χ4n) is 3.31. The van der Waals surface area contributed by atoms with Gasteiger partial charge in [-0.3, -0.25) is 4.79 Å². The van der Waals surface area contributed by atoms with Crippen molar-refractivity contribution in [2.24, 2.45) is 5.92 Å². The Morgan fingerprint density at radius 3 is 2.39 bits per heavy atom. The van der Waals surface area contributed by atoms with Gasteiger partial charge in [-0.25, -0.2) is 13.2 Å². The number of sulfonamides is 1. The predicted molar refractivity (Wildman–Crippen MR) is 119 cm³/mol. The molecule has 7 nitrogen and oxygen atoms in total. The van der Waals surface area contributed by atoms with Crippen LogP contribution in [0.2, 0.25) is 5.02 Å². The van der Waals surface area contributed by atoms with E-state index >= 15 is 0 Å². The molecule has 0 atom stereocenters. The first-order valence-electron chi connectivity index (χ1n) is 10.00. The van der Waals surface area contributed by atoms with Crippen LogP contribution in [0.3, 0.4) is 0 Å². The van der Waals surface area contributed by atoms with Crippen molar-refractivity contribution in [3.63, 3.8) is 0 Å². The molecule has 1 saturated heterocycles. The highest BCUT2D eigenvalue weighted by atomic mass is 35.5. The van der Waals surface area contributed by atoms with Gasteiger partial charge in [0.05, 0.1) is 10.5 Å². The molecular formula is C22H25ClN2O5S. The lowest BCUT2D eigenvalue weighted by atomic mass is 10.0. The third-order valence-corrected chi connectivity index (χ3v) is 7.42. The van der Waals surface area contributed by atoms with Gasteiger partial charge in [0.2, 0.25) is 10.0 Å². The maximum atomic E-state index is 12.8. The number of hydrogen-bond acceptors (Lipinski definition) is 5. The molecule has 1 aliphatic heterocycles. The van der Waals surface area contributed by atoms with E-state index in [0.29, 0.717) is 29.7 Å². The van der Waals surface area contributed by atoms with Crippen molar-refractivity contribution in [1.82, 2.24) is 4.31 Å². The van der Waals surface area contributed by atoms with Crippen molar-refractivity contribution in [3.8, 4) is 0 Å². The Kier molecular flexibility index (Phi) is 7.35. The van der Waals surface area contributed by atoms with E-state index in [0.717, 1.165) is 18.4 Å². The minimum atomic E-state index is -3.59. The van der Waals surface area contributed by atoms with Gasteiger partial charge in [0.1, 0.15) is 0 Å². The third-order valence-electron chi connectivity index (χ3n) is 5.27. The van der Waals surface area contributed by atoms with E-state index < -0.39 is 28.5 Å². The SMILES string of the molecule is Cc1cc(Cl)ccc1NC(=O)COC(=O)c1ccc(S(=O)(=O)N2CCC(C)CC2)cc1. The summed E-state index contributed by atoms with van der Waals surface area (Å²) in [5.74, 6) is -0.680. The van der Waals surface area contributed by atoms with Crippen LogP contribution in [-0.2, 0) is 19.6 Å². The normalized spacial score (nSPS) is 15.5. The van der Waals surface area contributed by atoms with Gasteiger partial charge in [-0.1, -0.05) is 18.5 Å². The lowest BCUT2D eigenvalue weighted by molar-refractivity contribution is -0.119. The molecule has 1 amide bonds. The summed E-state index contributed by atoms with van der Waals surface area (Å²) in [7, 11) is -3.59. The zero-order valence-electron chi connectivity index (χ0n) is 17.4. The van der Waals surface area contributed by atoms with Crippen molar-refractivity contribution in [2.75, 3.05) is 25.0 Å². The fraction of sp³-hybridized carbons (Fsp3) is 0.364. The zero-order valence-corrected chi connectivity index (χ0v) is 19.0. The Labute approximate surface area is 187 Å². The molecule has 1 N–H and O–H groups in total. The van der Waals surface area contributed by atoms with Crippen LogP contribution in [0.5, 0.6) is 0 Å². The first kappa shape index (κ1) is 23.2. The summed E-state index contributed by atoms with van der Waals surface area (Å²) in [6, 6.07) is 10.6. The second-order valence-electron chi connectivity index (χ2n) is 7.69. The highest BCUT2D eigenvalue weighted by molar-refractivity contribution is 7.89. The molecule has 0 saturated carbocycles. The molecule has 0 spiro atoms. The lowest BCUT2D eigenvalue weighted by Crippen LogP contribution is -2.37. The van der Waals surface area contributed by atoms with Crippen LogP contribution < -0.4 is 5.32 Å². The molecule has 0 aromatic heterocycles. The molecule has 1 heterocycles. The molecule has 0 bridgehead atoms. The third kappa shape index (κ3) is 5.84. The summed E-state index contributed by atoms with van der Waals surface area (Å²) < 4.78 is 32.0. The summed E-state index contributed by atoms with van der Waals surface area (Å²) in [6.07, 6.45) is 1.67. The number of halogens is 1. The molecule has 31 heavy (non-hydrogen) atoms. The molecule has 1 aliphatic rings. The Balaban J connectivity index is 1.57. The molecule has 0 aliphatic carbocycles. The fourth-order valence-corrected chi connectivity index (χ4v) is 5.00. The first-order valence-corrected chi connectivity index (χ1v) is 11.8. The number of esters is 1. The summed E-state index contributed by atoms with van der Waals surface area (Å²) in [6.45, 7) is 4.44. The standard InChI is InChI=1S/C22H25ClN2O5S/c1-15-9-11-25(12-10-15)31(28,29)19-6-3-17(4-7-19)22(27)30-14-21(26)24-20-8-5-18(23)13-16(20)2/h3-8,13,15H,9-12,14H2,1-2H3,(H,24,26). The minimum Gasteiger partial charge on any atom is -0.452 e. The number of anilines is 1. The largest absolute Gasteiger partial charge is 0.452 e. The summed E-state index contributed by atoms with van der Waals surface area (Å²) in [5.41, 5.74) is 1.53. The second kappa shape index (κ2) is 9.80. The van der Waals surface area contributed by atoms with Gasteiger partial charge in [-0.15, -0.1) is 0 Å². The van der Waals surface area contributed by atoms with Crippen LogP contribution in [0, 0.1) is 12.8 Å². The Morgan fingerprint density at radius 2 is 1.77 bits per heavy atom. The van der Waals surface area contributed by atoms with E-state index in [1.54, 1.807) is 25.1 Å². The highest BCUT2D eigenvalue weighted by Gasteiger charge is 2.28. The van der Waals surface area contributed by atoms with Gasteiger partial charge in [0.25, 0.3) is 5.91 Å². The van der Waals surface area contributed by atoms with Crippen LogP contribution in [0.4, 0.5) is 5.69 Å². The van der Waals surface area contributed by atoms with Crippen LogP contribution in [0.25, 0.3) is 0 Å². The minimum absolute atomic E-state index is 0.134. The van der Waals surface area contributed by atoms with Gasteiger partial charge in [-0.05, 0) is 73.7 Å². The van der Waals surface area contributed by atoms with Crippen molar-refractivity contribution in [1.29, 1.82) is 0 Å². The summed E-state index contributed by atoms with van der Waals surface area (Å²) in [5, 5.41) is 3.21. The quantitative estimate of drug-likeness (QED) is 0.655. The summed E-state index contributed by atoms with van der Waals surface area (Å²) in [4.78, 5) is 24.4. The van der Waals surface area contributed by atoms with Gasteiger partial charge in [0.15, 0.2) is 6.61 Å². The van der Waals surface area contributed by atoms with Crippen molar-refractivity contribution < 1.29 is 22.7 Å². The van der Waals surface area contributed by atoms with Gasteiger partial charge >= 0.3 is 5.97 Å². The Bertz CT molecular complexity index is 1060. The van der Waals surface area contributed by atoms with Crippen molar-refractivity contribution in [3.05, 3.63) is 58.6 Å². The second-order valence-corrected chi connectivity index (χ2v) is 10.1. The molecule has 1 fully saturated rings. The van der Waals surface area contributed by atoms with Crippen LogP contribution in [0.1, 0.15) is 35.7 Å². The number of carbonyl (C=O) groups is 2. The molecular weight excluding hydrogens is 440 g/mol. The lowest BCUT2D eigenvalue weighted by Gasteiger charge is -2.29. The van der Waals surface area contributed by atoms with E-state index in [-0.39, 0.29) is 10.5 Å². The average Bonchev–Trinajstić information content (AvgIpc) is 2.74. The molecule has 166 valence electrons. The van der Waals surface area contributed by atoms with Crippen LogP contribution in [-0.4, -0.2) is 44.3 Å². The van der Waals surface area contributed by atoms with E-state index in [9.17, 15) is 18.0 Å². The molecule has 0 unspecified atom stereocenters. The summed E-state index contributed by atoms with van der Waals surface area (Å²) >= 11 is 5.89. The van der Waals surface area contributed by atoms with E-state index in [1.165, 1.54) is 28.6 Å². The molecule has 3 rings (SSSR count). The number of ether oxygens (including phenoxy) is 1. The number of rotatable bonds is 6. The molecule has 2 aromatic carbocycles. The molecule has 0 radical (unpaired) electrons. The van der Waals surface area contributed by atoms with Gasteiger partial charge < -0.3 is 10.1 Å². The number of piperidine rings is 1. The van der Waals surface area contributed by atoms with Crippen molar-refractivity contribution in [2.45, 2.75) is 31.6 Å². The number of hydrogen-bond donors (Lipinski definition) is 1. The van der Waals surface area contributed by atoms with Crippen molar-refractivity contribution >= 4 is 39.2 Å². The number of carbonyl (C=O) groups excluding carboxylic acids is 2. The van der Waals surface area contributed by atoms with E-state index in [2.05, 4.69) is 12.2 Å². The predicted octanol–water partition coefficient (Wildman–Crippen LogP) is 3.86. The Hall–Kier alpha value is -2.42. The van der Waals surface area contributed by atoms with E-state index in [4.69, 9.17) is 16.3 Å². The van der Waals surface area contributed by atoms with Crippen LogP contribution in [0.15, 0.2) is 47.4 Å². The number of amides is 1. The number of aryl methyl sites for hydroxylation is 1. The average molecular weight is 465 g/mol. The number of nitrogens with zero attached hydrogens (tertiary/aromatic N) is 1. The number of benzene rings is 2. The molecule has 9 heteroatoms. The van der Waals surface area contributed by atoms with Crippen LogP contribution >= 0.6 is 11.6 Å². The Morgan fingerprint density at radius 1 is 1.13 bits per heavy atom. The first-order chi connectivity index (χ1) is 14.7. The topological polar surface area (TPSA) is 92.8 Å². The van der Waals surface area contributed by atoms with Gasteiger partial charge in [-0.2, -0.15) is 4.31 Å². The zero-order chi connectivity index (χ0) is 22.6. The van der Waals surface area contributed by atoms with E-state index in [1.807, 2.05) is 0 Å². The number of nitrogens with one attached hydrogen (secondary N) is 1.